The molecule has 1 aromatic carbocycles. The van der Waals surface area contributed by atoms with Gasteiger partial charge in [0.2, 0.25) is 0 Å². The fraction of sp³-hybridized carbons (Fsp3) is 0.588. The Kier molecular flexibility index (Phi) is 5.58. The Balaban J connectivity index is 2.48. The normalized spacial score (nSPS) is 12.1. The third-order valence-corrected chi connectivity index (χ3v) is 2.93. The zero-order valence-electron chi connectivity index (χ0n) is 13.6. The first kappa shape index (κ1) is 17.0. The highest BCUT2D eigenvalue weighted by Gasteiger charge is 2.11. The van der Waals surface area contributed by atoms with E-state index in [-0.39, 0.29) is 11.1 Å². The van der Waals surface area contributed by atoms with Crippen LogP contribution in [-0.2, 0) is 6.42 Å². The van der Waals surface area contributed by atoms with Gasteiger partial charge in [0.1, 0.15) is 0 Å². The van der Waals surface area contributed by atoms with E-state index in [4.69, 9.17) is 12.2 Å². The monoisotopic (exact) mass is 292 g/mol. The van der Waals surface area contributed by atoms with Crippen molar-refractivity contribution in [1.82, 2.24) is 5.32 Å². The van der Waals surface area contributed by atoms with Crippen molar-refractivity contribution in [3.8, 4) is 0 Å². The minimum Gasteiger partial charge on any atom is -0.380 e. The molecule has 0 radical (unpaired) electrons. The largest absolute Gasteiger partial charge is 0.380 e. The predicted octanol–water partition coefficient (Wildman–Crippen LogP) is 4.55. The Hall–Kier alpha value is -1.09. The molecule has 2 nitrogen and oxygen atoms in total. The van der Waals surface area contributed by atoms with E-state index in [0.29, 0.717) is 0 Å². The first-order valence-electron chi connectivity index (χ1n) is 7.23. The standard InChI is InChI=1S/C17H28N2S/c1-16(2,3)18-14-10-7-13(8-11-14)9-12-15(20)19-17(4,5)6/h7-8,10-11,18H,9,12H2,1-6H3,(H,19,20). The summed E-state index contributed by atoms with van der Waals surface area (Å²) in [5.74, 6) is 0. The number of rotatable bonds is 4. The van der Waals surface area contributed by atoms with Gasteiger partial charge in [-0.2, -0.15) is 0 Å². The van der Waals surface area contributed by atoms with Gasteiger partial charge in [-0.3, -0.25) is 0 Å². The lowest BCUT2D eigenvalue weighted by atomic mass is 10.1. The van der Waals surface area contributed by atoms with Crippen LogP contribution in [0.5, 0.6) is 0 Å². The zero-order chi connectivity index (χ0) is 15.4. The quantitative estimate of drug-likeness (QED) is 0.796. The van der Waals surface area contributed by atoms with Crippen molar-refractivity contribution in [2.24, 2.45) is 0 Å². The molecule has 0 saturated carbocycles. The van der Waals surface area contributed by atoms with Crippen LogP contribution in [0.15, 0.2) is 24.3 Å². The van der Waals surface area contributed by atoms with E-state index in [2.05, 4.69) is 76.4 Å². The molecule has 0 aliphatic carbocycles. The third-order valence-electron chi connectivity index (χ3n) is 2.63. The summed E-state index contributed by atoms with van der Waals surface area (Å²) >= 11 is 5.38. The second-order valence-corrected chi connectivity index (χ2v) is 7.86. The molecule has 0 atom stereocenters. The Labute approximate surface area is 129 Å². The van der Waals surface area contributed by atoms with Gasteiger partial charge in [0.15, 0.2) is 0 Å². The molecule has 3 heteroatoms. The molecular formula is C17H28N2S. The second-order valence-electron chi connectivity index (χ2n) is 7.37. The van der Waals surface area contributed by atoms with Crippen LogP contribution in [0.4, 0.5) is 5.69 Å². The van der Waals surface area contributed by atoms with Gasteiger partial charge in [-0.15, -0.1) is 0 Å². The molecule has 2 N–H and O–H groups in total. The summed E-state index contributed by atoms with van der Waals surface area (Å²) in [7, 11) is 0. The third kappa shape index (κ3) is 7.49. The summed E-state index contributed by atoms with van der Waals surface area (Å²) in [6.07, 6.45) is 1.89. The molecule has 0 aliphatic heterocycles. The molecule has 1 rings (SSSR count). The summed E-state index contributed by atoms with van der Waals surface area (Å²) in [6, 6.07) is 8.63. The molecule has 0 bridgehead atoms. The van der Waals surface area contributed by atoms with E-state index in [0.717, 1.165) is 23.5 Å². The summed E-state index contributed by atoms with van der Waals surface area (Å²) < 4.78 is 0. The fourth-order valence-corrected chi connectivity index (χ4v) is 2.33. The van der Waals surface area contributed by atoms with Crippen molar-refractivity contribution in [3.05, 3.63) is 29.8 Å². The van der Waals surface area contributed by atoms with E-state index in [1.165, 1.54) is 5.56 Å². The Morgan fingerprint density at radius 1 is 0.950 bits per heavy atom. The van der Waals surface area contributed by atoms with Crippen LogP contribution in [0.2, 0.25) is 0 Å². The number of thiocarbonyl (C=S) groups is 1. The summed E-state index contributed by atoms with van der Waals surface area (Å²) in [4.78, 5) is 0.939. The molecule has 112 valence electrons. The van der Waals surface area contributed by atoms with Crippen LogP contribution < -0.4 is 10.6 Å². The first-order valence-corrected chi connectivity index (χ1v) is 7.64. The molecule has 0 unspecified atom stereocenters. The molecule has 0 aliphatic rings. The van der Waals surface area contributed by atoms with Crippen molar-refractivity contribution < 1.29 is 0 Å². The van der Waals surface area contributed by atoms with Gasteiger partial charge in [-0.25, -0.2) is 0 Å². The van der Waals surface area contributed by atoms with Crippen LogP contribution in [0.25, 0.3) is 0 Å². The molecule has 0 fully saturated rings. The average Bonchev–Trinajstić information content (AvgIpc) is 2.23. The number of aryl methyl sites for hydroxylation is 1. The van der Waals surface area contributed by atoms with E-state index in [9.17, 15) is 0 Å². The second kappa shape index (κ2) is 6.57. The lowest BCUT2D eigenvalue weighted by Crippen LogP contribution is -2.39. The summed E-state index contributed by atoms with van der Waals surface area (Å²) in [6.45, 7) is 12.9. The number of hydrogen-bond acceptors (Lipinski definition) is 2. The molecular weight excluding hydrogens is 264 g/mol. The van der Waals surface area contributed by atoms with Gasteiger partial charge in [-0.05, 0) is 65.7 Å². The molecule has 0 heterocycles. The lowest BCUT2D eigenvalue weighted by molar-refractivity contribution is 0.510. The lowest BCUT2D eigenvalue weighted by Gasteiger charge is -2.23. The highest BCUT2D eigenvalue weighted by atomic mass is 32.1. The highest BCUT2D eigenvalue weighted by Crippen LogP contribution is 2.16. The number of benzene rings is 1. The predicted molar refractivity (Wildman–Crippen MR) is 93.6 cm³/mol. The first-order chi connectivity index (χ1) is 9.05. The molecule has 0 amide bonds. The maximum atomic E-state index is 5.38. The molecule has 20 heavy (non-hydrogen) atoms. The van der Waals surface area contributed by atoms with Gasteiger partial charge >= 0.3 is 0 Å². The number of nitrogens with one attached hydrogen (secondary N) is 2. The van der Waals surface area contributed by atoms with Crippen molar-refractivity contribution in [2.75, 3.05) is 5.32 Å². The maximum absolute atomic E-state index is 5.38. The Morgan fingerprint density at radius 3 is 1.95 bits per heavy atom. The van der Waals surface area contributed by atoms with Crippen molar-refractivity contribution in [1.29, 1.82) is 0 Å². The number of hydrogen-bond donors (Lipinski definition) is 2. The topological polar surface area (TPSA) is 24.1 Å². The van der Waals surface area contributed by atoms with Gasteiger partial charge in [-0.1, -0.05) is 24.4 Å². The van der Waals surface area contributed by atoms with Gasteiger partial charge in [0.25, 0.3) is 0 Å². The van der Waals surface area contributed by atoms with Crippen molar-refractivity contribution >= 4 is 22.9 Å². The van der Waals surface area contributed by atoms with Crippen molar-refractivity contribution in [3.63, 3.8) is 0 Å². The Bertz CT molecular complexity index is 436. The molecule has 0 aromatic heterocycles. The van der Waals surface area contributed by atoms with Gasteiger partial charge < -0.3 is 10.6 Å². The molecule has 0 spiro atoms. The molecule has 0 saturated heterocycles. The highest BCUT2D eigenvalue weighted by molar-refractivity contribution is 7.80. The van der Waals surface area contributed by atoms with E-state index in [1.54, 1.807) is 0 Å². The number of anilines is 1. The fourth-order valence-electron chi connectivity index (χ4n) is 1.93. The SMILES string of the molecule is CC(C)(C)NC(=S)CCc1ccc(NC(C)(C)C)cc1. The Morgan fingerprint density at radius 2 is 1.50 bits per heavy atom. The minimum atomic E-state index is 0.0531. The molecule has 1 aromatic rings. The van der Waals surface area contributed by atoms with Gasteiger partial charge in [0, 0.05) is 23.2 Å². The van der Waals surface area contributed by atoms with Crippen molar-refractivity contribution in [2.45, 2.75) is 65.5 Å². The van der Waals surface area contributed by atoms with E-state index < -0.39 is 0 Å². The maximum Gasteiger partial charge on any atom is 0.0760 e. The zero-order valence-corrected chi connectivity index (χ0v) is 14.4. The van der Waals surface area contributed by atoms with E-state index in [1.807, 2.05) is 0 Å². The van der Waals surface area contributed by atoms with Crippen LogP contribution in [-0.4, -0.2) is 16.1 Å². The van der Waals surface area contributed by atoms with Gasteiger partial charge in [0.05, 0.1) is 4.99 Å². The summed E-state index contributed by atoms with van der Waals surface area (Å²) in [5, 5.41) is 6.82. The van der Waals surface area contributed by atoms with Crippen LogP contribution in [0.1, 0.15) is 53.5 Å². The van der Waals surface area contributed by atoms with Crippen LogP contribution in [0.3, 0.4) is 0 Å². The smallest absolute Gasteiger partial charge is 0.0760 e. The summed E-state index contributed by atoms with van der Waals surface area (Å²) in [5.41, 5.74) is 2.64. The van der Waals surface area contributed by atoms with E-state index >= 15 is 0 Å². The van der Waals surface area contributed by atoms with Crippen LogP contribution >= 0.6 is 12.2 Å². The minimum absolute atomic E-state index is 0.0531. The van der Waals surface area contributed by atoms with Crippen LogP contribution in [0, 0.1) is 0 Å². The average molecular weight is 292 g/mol.